The van der Waals surface area contributed by atoms with Crippen molar-refractivity contribution in [2.75, 3.05) is 12.4 Å². The molecule has 3 rings (SSSR count). The normalized spacial score (nSPS) is 15.4. The van der Waals surface area contributed by atoms with Gasteiger partial charge in [-0.05, 0) is 37.8 Å². The van der Waals surface area contributed by atoms with Gasteiger partial charge < -0.3 is 5.32 Å². The Hall–Kier alpha value is -1.90. The van der Waals surface area contributed by atoms with E-state index in [9.17, 15) is 0 Å². The van der Waals surface area contributed by atoms with Gasteiger partial charge in [0.15, 0.2) is 5.82 Å². The molecule has 1 aliphatic carbocycles. The van der Waals surface area contributed by atoms with Crippen LogP contribution in [0.1, 0.15) is 48.4 Å². The molecule has 1 fully saturated rings. The maximum absolute atomic E-state index is 4.88. The van der Waals surface area contributed by atoms with Gasteiger partial charge in [0.05, 0.1) is 0 Å². The van der Waals surface area contributed by atoms with Gasteiger partial charge in [-0.1, -0.05) is 31.0 Å². The maximum Gasteiger partial charge on any atom is 0.162 e. The fourth-order valence-electron chi connectivity index (χ4n) is 3.14. The largest absolute Gasteiger partial charge is 0.373 e. The number of benzene rings is 1. The van der Waals surface area contributed by atoms with Crippen LogP contribution in [0.5, 0.6) is 0 Å². The first-order chi connectivity index (χ1) is 10.2. The van der Waals surface area contributed by atoms with Gasteiger partial charge in [0, 0.05) is 30.3 Å². The van der Waals surface area contributed by atoms with Crippen molar-refractivity contribution in [2.24, 2.45) is 0 Å². The zero-order chi connectivity index (χ0) is 14.8. The second-order valence-electron chi connectivity index (χ2n) is 5.98. The number of rotatable bonds is 3. The summed E-state index contributed by atoms with van der Waals surface area (Å²) < 4.78 is 0. The van der Waals surface area contributed by atoms with Crippen LogP contribution in [0.25, 0.3) is 11.4 Å². The van der Waals surface area contributed by atoms with Gasteiger partial charge in [-0.2, -0.15) is 0 Å². The molecule has 2 aromatic rings. The molecule has 3 nitrogen and oxygen atoms in total. The Morgan fingerprint density at radius 1 is 1.10 bits per heavy atom. The highest BCUT2D eigenvalue weighted by Gasteiger charge is 2.20. The minimum absolute atomic E-state index is 0.601. The molecular weight excluding hydrogens is 258 g/mol. The molecule has 1 N–H and O–H groups in total. The highest BCUT2D eigenvalue weighted by Crippen LogP contribution is 2.35. The fourth-order valence-corrected chi connectivity index (χ4v) is 3.14. The van der Waals surface area contributed by atoms with Crippen LogP contribution < -0.4 is 5.32 Å². The number of aryl methyl sites for hydroxylation is 1. The van der Waals surface area contributed by atoms with Crippen LogP contribution >= 0.6 is 0 Å². The molecule has 0 atom stereocenters. The summed E-state index contributed by atoms with van der Waals surface area (Å²) in [6.45, 7) is 4.29. The number of anilines is 1. The van der Waals surface area contributed by atoms with Crippen molar-refractivity contribution < 1.29 is 0 Å². The lowest BCUT2D eigenvalue weighted by Gasteiger charge is -2.14. The van der Waals surface area contributed by atoms with Crippen LogP contribution in [0.4, 0.5) is 5.82 Å². The molecule has 1 saturated carbocycles. The quantitative estimate of drug-likeness (QED) is 0.902. The molecular formula is C18H23N3. The van der Waals surface area contributed by atoms with E-state index < -0.39 is 0 Å². The van der Waals surface area contributed by atoms with Crippen molar-refractivity contribution in [2.45, 2.75) is 45.4 Å². The number of aromatic nitrogens is 2. The number of hydrogen-bond donors (Lipinski definition) is 1. The lowest BCUT2D eigenvalue weighted by atomic mass is 10.0. The van der Waals surface area contributed by atoms with Crippen LogP contribution in [0.2, 0.25) is 0 Å². The molecule has 0 aliphatic heterocycles. The molecule has 0 bridgehead atoms. The Kier molecular flexibility index (Phi) is 3.91. The molecule has 3 heteroatoms. The minimum atomic E-state index is 0.601. The molecule has 1 aromatic carbocycles. The van der Waals surface area contributed by atoms with E-state index in [2.05, 4.69) is 48.4 Å². The predicted molar refractivity (Wildman–Crippen MR) is 87.7 cm³/mol. The third-order valence-corrected chi connectivity index (χ3v) is 4.62. The summed E-state index contributed by atoms with van der Waals surface area (Å²) in [5.74, 6) is 2.37. The lowest BCUT2D eigenvalue weighted by molar-refractivity contribution is 0.696. The summed E-state index contributed by atoms with van der Waals surface area (Å²) in [5.41, 5.74) is 4.89. The second-order valence-corrected chi connectivity index (χ2v) is 5.98. The predicted octanol–water partition coefficient (Wildman–Crippen LogP) is 4.46. The molecule has 0 radical (unpaired) electrons. The fraction of sp³-hybridized carbons (Fsp3) is 0.444. The van der Waals surface area contributed by atoms with Gasteiger partial charge in [-0.3, -0.25) is 0 Å². The molecule has 1 aliphatic rings. The van der Waals surface area contributed by atoms with Crippen LogP contribution in [-0.2, 0) is 0 Å². The van der Waals surface area contributed by atoms with Gasteiger partial charge in [-0.25, -0.2) is 9.97 Å². The SMILES string of the molecule is CNc1cc(C2CCCC2)nc(-c2cccc(C)c2C)n1. The van der Waals surface area contributed by atoms with Crippen LogP contribution in [0.3, 0.4) is 0 Å². The third-order valence-electron chi connectivity index (χ3n) is 4.62. The Balaban J connectivity index is 2.09. The smallest absolute Gasteiger partial charge is 0.162 e. The topological polar surface area (TPSA) is 37.8 Å². The summed E-state index contributed by atoms with van der Waals surface area (Å²) in [4.78, 5) is 9.56. The van der Waals surface area contributed by atoms with Gasteiger partial charge in [0.25, 0.3) is 0 Å². The molecule has 0 spiro atoms. The Morgan fingerprint density at radius 2 is 1.86 bits per heavy atom. The maximum atomic E-state index is 4.88. The van der Waals surface area contributed by atoms with Gasteiger partial charge in [0.1, 0.15) is 5.82 Å². The molecule has 0 unspecified atom stereocenters. The summed E-state index contributed by atoms with van der Waals surface area (Å²) in [5, 5.41) is 3.18. The minimum Gasteiger partial charge on any atom is -0.373 e. The van der Waals surface area contributed by atoms with E-state index in [0.29, 0.717) is 5.92 Å². The highest BCUT2D eigenvalue weighted by atomic mass is 15.0. The van der Waals surface area contributed by atoms with Gasteiger partial charge in [0.2, 0.25) is 0 Å². The van der Waals surface area contributed by atoms with Crippen LogP contribution in [0, 0.1) is 13.8 Å². The summed E-state index contributed by atoms with van der Waals surface area (Å²) in [6, 6.07) is 8.46. The van der Waals surface area contributed by atoms with E-state index >= 15 is 0 Å². The first kappa shape index (κ1) is 14.1. The van der Waals surface area contributed by atoms with E-state index in [-0.39, 0.29) is 0 Å². The van der Waals surface area contributed by atoms with Crippen molar-refractivity contribution in [1.29, 1.82) is 0 Å². The number of nitrogens with zero attached hydrogens (tertiary/aromatic N) is 2. The number of nitrogens with one attached hydrogen (secondary N) is 1. The third kappa shape index (κ3) is 2.78. The average Bonchev–Trinajstić information content (AvgIpc) is 3.04. The Morgan fingerprint density at radius 3 is 2.57 bits per heavy atom. The molecule has 0 saturated heterocycles. The highest BCUT2D eigenvalue weighted by molar-refractivity contribution is 5.63. The Bertz CT molecular complexity index is 643. The van der Waals surface area contributed by atoms with E-state index in [4.69, 9.17) is 4.98 Å². The zero-order valence-electron chi connectivity index (χ0n) is 13.1. The molecule has 1 aromatic heterocycles. The molecule has 1 heterocycles. The van der Waals surface area contributed by atoms with Crippen molar-refractivity contribution in [1.82, 2.24) is 9.97 Å². The zero-order valence-corrected chi connectivity index (χ0v) is 13.1. The first-order valence-corrected chi connectivity index (χ1v) is 7.82. The van der Waals surface area contributed by atoms with Crippen molar-refractivity contribution in [3.63, 3.8) is 0 Å². The molecule has 0 amide bonds. The van der Waals surface area contributed by atoms with Crippen molar-refractivity contribution in [3.05, 3.63) is 41.1 Å². The monoisotopic (exact) mass is 281 g/mol. The molecule has 21 heavy (non-hydrogen) atoms. The lowest BCUT2D eigenvalue weighted by Crippen LogP contribution is -2.04. The van der Waals surface area contributed by atoms with E-state index in [0.717, 1.165) is 17.2 Å². The Labute approximate surface area is 126 Å². The van der Waals surface area contributed by atoms with Gasteiger partial charge in [-0.15, -0.1) is 0 Å². The van der Waals surface area contributed by atoms with Crippen LogP contribution in [0.15, 0.2) is 24.3 Å². The van der Waals surface area contributed by atoms with Crippen LogP contribution in [-0.4, -0.2) is 17.0 Å². The summed E-state index contributed by atoms with van der Waals surface area (Å²) in [6.07, 6.45) is 5.16. The van der Waals surface area contributed by atoms with Crippen molar-refractivity contribution >= 4 is 5.82 Å². The first-order valence-electron chi connectivity index (χ1n) is 7.82. The summed E-state index contributed by atoms with van der Waals surface area (Å²) in [7, 11) is 1.92. The van der Waals surface area contributed by atoms with E-state index in [1.54, 1.807) is 0 Å². The number of hydrogen-bond acceptors (Lipinski definition) is 3. The second kappa shape index (κ2) is 5.84. The molecule has 110 valence electrons. The van der Waals surface area contributed by atoms with Crippen molar-refractivity contribution in [3.8, 4) is 11.4 Å². The van der Waals surface area contributed by atoms with E-state index in [1.807, 2.05) is 7.05 Å². The standard InChI is InChI=1S/C18H23N3/c1-12-7-6-10-15(13(12)2)18-20-16(11-17(19-3)21-18)14-8-4-5-9-14/h6-7,10-11,14H,4-5,8-9H2,1-3H3,(H,19,20,21). The van der Waals surface area contributed by atoms with E-state index in [1.165, 1.54) is 42.5 Å². The average molecular weight is 281 g/mol. The summed E-state index contributed by atoms with van der Waals surface area (Å²) >= 11 is 0. The van der Waals surface area contributed by atoms with Gasteiger partial charge >= 0.3 is 0 Å².